The van der Waals surface area contributed by atoms with Crippen LogP contribution in [0.25, 0.3) is 0 Å². The van der Waals surface area contributed by atoms with Gasteiger partial charge in [0.25, 0.3) is 5.91 Å². The Labute approximate surface area is 160 Å². The van der Waals surface area contributed by atoms with E-state index >= 15 is 0 Å². The summed E-state index contributed by atoms with van der Waals surface area (Å²) in [6, 6.07) is 7.64. The van der Waals surface area contributed by atoms with E-state index in [4.69, 9.17) is 11.6 Å². The van der Waals surface area contributed by atoms with Gasteiger partial charge in [-0.05, 0) is 48.1 Å². The van der Waals surface area contributed by atoms with Gasteiger partial charge >= 0.3 is 0 Å². The number of thioether (sulfide) groups is 1. The van der Waals surface area contributed by atoms with Gasteiger partial charge in [-0.25, -0.2) is 0 Å². The van der Waals surface area contributed by atoms with Crippen LogP contribution in [0.1, 0.15) is 41.2 Å². The van der Waals surface area contributed by atoms with Gasteiger partial charge in [0.1, 0.15) is 0 Å². The van der Waals surface area contributed by atoms with Gasteiger partial charge in [-0.1, -0.05) is 11.6 Å². The van der Waals surface area contributed by atoms with Crippen LogP contribution in [0.2, 0.25) is 5.02 Å². The van der Waals surface area contributed by atoms with E-state index in [2.05, 4.69) is 10.6 Å². The molecule has 1 aromatic heterocycles. The molecule has 132 valence electrons. The Bertz CT molecular complexity index is 750. The molecule has 0 unspecified atom stereocenters. The summed E-state index contributed by atoms with van der Waals surface area (Å²) >= 11 is 9.38. The lowest BCUT2D eigenvalue weighted by Gasteiger charge is -2.26. The molecular formula is C18H19ClN2O2S2. The molecule has 7 heteroatoms. The summed E-state index contributed by atoms with van der Waals surface area (Å²) in [6.45, 7) is 0.491. The topological polar surface area (TPSA) is 58.2 Å². The number of thiophene rings is 1. The summed E-state index contributed by atoms with van der Waals surface area (Å²) in [6.07, 6.45) is 1.91. The normalized spacial score (nSPS) is 16.1. The molecule has 1 aliphatic heterocycles. The summed E-state index contributed by atoms with van der Waals surface area (Å²) in [5, 5.41) is 10.3. The van der Waals surface area contributed by atoms with Crippen LogP contribution in [0.5, 0.6) is 0 Å². The van der Waals surface area contributed by atoms with E-state index in [1.165, 1.54) is 16.2 Å². The molecule has 1 aromatic carbocycles. The number of hydrogen-bond acceptors (Lipinski definition) is 4. The van der Waals surface area contributed by atoms with Crippen LogP contribution in [-0.2, 0) is 4.79 Å². The molecular weight excluding hydrogens is 376 g/mol. The van der Waals surface area contributed by atoms with Gasteiger partial charge < -0.3 is 10.6 Å². The molecule has 0 fully saturated rings. The summed E-state index contributed by atoms with van der Waals surface area (Å²) in [7, 11) is 0. The maximum atomic E-state index is 12.2. The molecule has 2 amide bonds. The molecule has 4 nitrogen and oxygen atoms in total. The zero-order valence-electron chi connectivity index (χ0n) is 13.6. The van der Waals surface area contributed by atoms with E-state index in [0.29, 0.717) is 30.0 Å². The first-order chi connectivity index (χ1) is 12.1. The highest BCUT2D eigenvalue weighted by Gasteiger charge is 2.22. The Morgan fingerprint density at radius 2 is 2.16 bits per heavy atom. The van der Waals surface area contributed by atoms with Crippen LogP contribution in [0.4, 0.5) is 0 Å². The minimum atomic E-state index is -0.0884. The lowest BCUT2D eigenvalue weighted by Crippen LogP contribution is -2.31. The number of carbonyl (C=O) groups excluding carboxylic acids is 2. The third-order valence-electron chi connectivity index (χ3n) is 4.00. The van der Waals surface area contributed by atoms with Crippen molar-refractivity contribution in [1.82, 2.24) is 10.6 Å². The Balaban J connectivity index is 1.44. The quantitative estimate of drug-likeness (QED) is 0.719. The van der Waals surface area contributed by atoms with E-state index in [9.17, 15) is 9.59 Å². The minimum absolute atomic E-state index is 0.00704. The number of nitrogens with one attached hydrogen (secondary N) is 2. The van der Waals surface area contributed by atoms with Gasteiger partial charge in [0.05, 0.1) is 6.04 Å². The molecule has 2 aromatic rings. The molecule has 0 bridgehead atoms. The third kappa shape index (κ3) is 5.00. The van der Waals surface area contributed by atoms with E-state index < -0.39 is 0 Å². The highest BCUT2D eigenvalue weighted by molar-refractivity contribution is 7.99. The Hall–Kier alpha value is -1.50. The lowest BCUT2D eigenvalue weighted by atomic mass is 10.0. The van der Waals surface area contributed by atoms with Crippen LogP contribution in [0, 0.1) is 0 Å². The van der Waals surface area contributed by atoms with E-state index in [1.54, 1.807) is 17.8 Å². The molecule has 25 heavy (non-hydrogen) atoms. The Morgan fingerprint density at radius 3 is 2.96 bits per heavy atom. The van der Waals surface area contributed by atoms with Crippen LogP contribution in [0.3, 0.4) is 0 Å². The fourth-order valence-corrected chi connectivity index (χ4v) is 4.65. The summed E-state index contributed by atoms with van der Waals surface area (Å²) in [5.41, 5.74) is 1.77. The standard InChI is InChI=1S/C18H19ClN2O2S2/c19-13-3-4-16-14(10-13)15(6-9-25-16)21-17(22)2-1-7-20-18(23)12-5-8-24-11-12/h3-5,8,10-11,15H,1-2,6-7,9H2,(H,20,23)(H,21,22)/t15-/m1/s1. The zero-order chi connectivity index (χ0) is 17.6. The molecule has 3 rings (SSSR count). The van der Waals surface area contributed by atoms with Crippen molar-refractivity contribution in [2.75, 3.05) is 12.3 Å². The van der Waals surface area contributed by atoms with Gasteiger partial charge in [-0.15, -0.1) is 11.8 Å². The monoisotopic (exact) mass is 394 g/mol. The number of carbonyl (C=O) groups is 2. The van der Waals surface area contributed by atoms with Crippen molar-refractivity contribution in [2.24, 2.45) is 0 Å². The first kappa shape index (κ1) is 18.3. The summed E-state index contributed by atoms with van der Waals surface area (Å²) < 4.78 is 0. The molecule has 0 saturated heterocycles. The van der Waals surface area contributed by atoms with Crippen LogP contribution >= 0.6 is 34.7 Å². The van der Waals surface area contributed by atoms with Crippen molar-refractivity contribution < 1.29 is 9.59 Å². The van der Waals surface area contributed by atoms with E-state index in [0.717, 1.165) is 17.7 Å². The molecule has 2 N–H and O–H groups in total. The van der Waals surface area contributed by atoms with Gasteiger partial charge in [0.15, 0.2) is 0 Å². The highest BCUT2D eigenvalue weighted by atomic mass is 35.5. The second kappa shape index (κ2) is 8.74. The van der Waals surface area contributed by atoms with Crippen molar-refractivity contribution in [2.45, 2.75) is 30.2 Å². The summed E-state index contributed by atoms with van der Waals surface area (Å²) in [4.78, 5) is 25.2. The second-order valence-electron chi connectivity index (χ2n) is 5.81. The molecule has 0 radical (unpaired) electrons. The highest BCUT2D eigenvalue weighted by Crippen LogP contribution is 2.37. The number of benzene rings is 1. The number of halogens is 1. The lowest BCUT2D eigenvalue weighted by molar-refractivity contribution is -0.122. The molecule has 2 heterocycles. The van der Waals surface area contributed by atoms with Gasteiger partial charge in [0, 0.05) is 39.6 Å². The maximum absolute atomic E-state index is 12.2. The van der Waals surface area contributed by atoms with Crippen molar-refractivity contribution in [1.29, 1.82) is 0 Å². The van der Waals surface area contributed by atoms with Crippen LogP contribution < -0.4 is 10.6 Å². The molecule has 1 aliphatic rings. The fraction of sp³-hybridized carbons (Fsp3) is 0.333. The molecule has 0 aliphatic carbocycles. The van der Waals surface area contributed by atoms with E-state index in [-0.39, 0.29) is 17.9 Å². The Morgan fingerprint density at radius 1 is 1.28 bits per heavy atom. The predicted molar refractivity (Wildman–Crippen MR) is 104 cm³/mol. The smallest absolute Gasteiger partial charge is 0.252 e. The first-order valence-electron chi connectivity index (χ1n) is 8.15. The zero-order valence-corrected chi connectivity index (χ0v) is 16.0. The minimum Gasteiger partial charge on any atom is -0.352 e. The molecule has 0 spiro atoms. The second-order valence-corrected chi connectivity index (χ2v) is 8.16. The first-order valence-corrected chi connectivity index (χ1v) is 10.5. The maximum Gasteiger partial charge on any atom is 0.252 e. The Kier molecular flexibility index (Phi) is 6.39. The van der Waals surface area contributed by atoms with Gasteiger partial charge in [-0.2, -0.15) is 11.3 Å². The van der Waals surface area contributed by atoms with Crippen LogP contribution in [0.15, 0.2) is 39.9 Å². The van der Waals surface area contributed by atoms with Gasteiger partial charge in [0.2, 0.25) is 5.91 Å². The number of fused-ring (bicyclic) bond motifs is 1. The van der Waals surface area contributed by atoms with Crippen molar-refractivity contribution in [3.8, 4) is 0 Å². The SMILES string of the molecule is O=C(CCCNC(=O)c1ccsc1)N[C@@H]1CCSc2ccc(Cl)cc21. The average molecular weight is 395 g/mol. The van der Waals surface area contributed by atoms with Gasteiger partial charge in [-0.3, -0.25) is 9.59 Å². The number of hydrogen-bond donors (Lipinski definition) is 2. The molecule has 1 atom stereocenters. The number of rotatable bonds is 6. The van der Waals surface area contributed by atoms with Crippen LogP contribution in [-0.4, -0.2) is 24.1 Å². The largest absolute Gasteiger partial charge is 0.352 e. The van der Waals surface area contributed by atoms with Crippen molar-refractivity contribution in [3.05, 3.63) is 51.2 Å². The third-order valence-corrected chi connectivity index (χ3v) is 6.04. The fourth-order valence-electron chi connectivity index (χ4n) is 2.73. The average Bonchev–Trinajstić information content (AvgIpc) is 3.14. The van der Waals surface area contributed by atoms with Crippen molar-refractivity contribution in [3.63, 3.8) is 0 Å². The predicted octanol–water partition coefficient (Wildman–Crippen LogP) is 4.26. The summed E-state index contributed by atoms with van der Waals surface area (Å²) in [5.74, 6) is 0.901. The number of amides is 2. The van der Waals surface area contributed by atoms with Crippen molar-refractivity contribution >= 4 is 46.5 Å². The van der Waals surface area contributed by atoms with E-state index in [1.807, 2.05) is 29.0 Å². The molecule has 0 saturated carbocycles.